The fourth-order valence-electron chi connectivity index (χ4n) is 1.83. The Morgan fingerprint density at radius 1 is 1.42 bits per heavy atom. The number of anilines is 2. The van der Waals surface area contributed by atoms with E-state index >= 15 is 0 Å². The van der Waals surface area contributed by atoms with E-state index in [1.165, 1.54) is 6.33 Å². The first-order chi connectivity index (χ1) is 9.13. The first kappa shape index (κ1) is 13.2. The van der Waals surface area contributed by atoms with Crippen molar-refractivity contribution in [1.29, 1.82) is 0 Å². The van der Waals surface area contributed by atoms with Crippen molar-refractivity contribution in [2.45, 2.75) is 20.4 Å². The molecule has 6 heteroatoms. The summed E-state index contributed by atoms with van der Waals surface area (Å²) in [5.74, 6) is 1.96. The maximum Gasteiger partial charge on any atom is 0.242 e. The zero-order valence-corrected chi connectivity index (χ0v) is 11.4. The average Bonchev–Trinajstić information content (AvgIpc) is 2.78. The molecule has 0 radical (unpaired) electrons. The van der Waals surface area contributed by atoms with Crippen LogP contribution in [-0.4, -0.2) is 23.6 Å². The van der Waals surface area contributed by atoms with Gasteiger partial charge in [-0.2, -0.15) is 4.98 Å². The predicted octanol–water partition coefficient (Wildman–Crippen LogP) is 2.00. The zero-order valence-electron chi connectivity index (χ0n) is 11.4. The van der Waals surface area contributed by atoms with E-state index in [0.29, 0.717) is 30.5 Å². The van der Waals surface area contributed by atoms with Crippen LogP contribution in [0.15, 0.2) is 23.1 Å². The average molecular weight is 262 g/mol. The molecule has 0 saturated carbocycles. The standard InChI is InChI=1S/C13H18N4O2/c1-4-18-13-11(14)12(15-8-16-13)17(3)7-10-5-6-19-9(10)2/h5-6,8H,4,7,14H2,1-3H3. The van der Waals surface area contributed by atoms with E-state index in [4.69, 9.17) is 14.9 Å². The number of nitrogen functional groups attached to an aromatic ring is 1. The number of nitrogens with two attached hydrogens (primary N) is 1. The van der Waals surface area contributed by atoms with Gasteiger partial charge in [0.2, 0.25) is 5.88 Å². The highest BCUT2D eigenvalue weighted by atomic mass is 16.5. The van der Waals surface area contributed by atoms with Crippen molar-refractivity contribution in [2.24, 2.45) is 0 Å². The number of rotatable bonds is 5. The Morgan fingerprint density at radius 2 is 2.21 bits per heavy atom. The van der Waals surface area contributed by atoms with Crippen molar-refractivity contribution in [3.63, 3.8) is 0 Å². The van der Waals surface area contributed by atoms with E-state index in [1.807, 2.05) is 31.9 Å². The van der Waals surface area contributed by atoms with Gasteiger partial charge in [-0.3, -0.25) is 0 Å². The normalized spacial score (nSPS) is 10.5. The topological polar surface area (TPSA) is 77.4 Å². The third kappa shape index (κ3) is 2.78. The lowest BCUT2D eigenvalue weighted by atomic mass is 10.2. The molecule has 6 nitrogen and oxygen atoms in total. The van der Waals surface area contributed by atoms with Crippen molar-refractivity contribution in [2.75, 3.05) is 24.3 Å². The van der Waals surface area contributed by atoms with E-state index in [9.17, 15) is 0 Å². The smallest absolute Gasteiger partial charge is 0.242 e. The Bertz CT molecular complexity index is 553. The first-order valence-electron chi connectivity index (χ1n) is 6.10. The molecule has 0 spiro atoms. The van der Waals surface area contributed by atoms with Gasteiger partial charge in [-0.1, -0.05) is 0 Å². The lowest BCUT2D eigenvalue weighted by Gasteiger charge is -2.20. The molecule has 0 aliphatic rings. The maximum absolute atomic E-state index is 6.02. The molecule has 2 heterocycles. The highest BCUT2D eigenvalue weighted by Crippen LogP contribution is 2.28. The first-order valence-corrected chi connectivity index (χ1v) is 6.10. The summed E-state index contributed by atoms with van der Waals surface area (Å²) >= 11 is 0. The summed E-state index contributed by atoms with van der Waals surface area (Å²) < 4.78 is 10.6. The number of ether oxygens (including phenoxy) is 1. The molecule has 102 valence electrons. The Labute approximate surface area is 112 Å². The van der Waals surface area contributed by atoms with E-state index in [-0.39, 0.29) is 0 Å². The molecular weight excluding hydrogens is 244 g/mol. The van der Waals surface area contributed by atoms with Crippen molar-refractivity contribution in [1.82, 2.24) is 9.97 Å². The third-order valence-corrected chi connectivity index (χ3v) is 2.84. The molecule has 2 aromatic heterocycles. The van der Waals surface area contributed by atoms with Crippen LogP contribution in [0.4, 0.5) is 11.5 Å². The van der Waals surface area contributed by atoms with Gasteiger partial charge in [-0.15, -0.1) is 0 Å². The van der Waals surface area contributed by atoms with Gasteiger partial charge >= 0.3 is 0 Å². The van der Waals surface area contributed by atoms with Gasteiger partial charge in [0.1, 0.15) is 17.8 Å². The molecule has 19 heavy (non-hydrogen) atoms. The highest BCUT2D eigenvalue weighted by molar-refractivity contribution is 5.67. The fraction of sp³-hybridized carbons (Fsp3) is 0.385. The molecule has 0 aliphatic heterocycles. The van der Waals surface area contributed by atoms with Gasteiger partial charge in [0.05, 0.1) is 12.9 Å². The Hall–Kier alpha value is -2.24. The van der Waals surface area contributed by atoms with Crippen molar-refractivity contribution in [3.05, 3.63) is 30.0 Å². The van der Waals surface area contributed by atoms with Crippen LogP contribution in [0.1, 0.15) is 18.2 Å². The molecule has 0 unspecified atom stereocenters. The van der Waals surface area contributed by atoms with Crippen LogP contribution in [0.2, 0.25) is 0 Å². The minimum atomic E-state index is 0.420. The summed E-state index contributed by atoms with van der Waals surface area (Å²) in [5.41, 5.74) is 7.57. The number of furan rings is 1. The fourth-order valence-corrected chi connectivity index (χ4v) is 1.83. The molecule has 0 atom stereocenters. The van der Waals surface area contributed by atoms with Crippen LogP contribution < -0.4 is 15.4 Å². The number of hydrogen-bond donors (Lipinski definition) is 1. The van der Waals surface area contributed by atoms with E-state index in [2.05, 4.69) is 9.97 Å². The second-order valence-corrected chi connectivity index (χ2v) is 4.21. The van der Waals surface area contributed by atoms with Crippen LogP contribution in [0, 0.1) is 6.92 Å². The summed E-state index contributed by atoms with van der Waals surface area (Å²) in [7, 11) is 1.92. The molecule has 0 fully saturated rings. The van der Waals surface area contributed by atoms with Crippen LogP contribution in [0.3, 0.4) is 0 Å². The zero-order chi connectivity index (χ0) is 13.8. The third-order valence-electron chi connectivity index (χ3n) is 2.84. The van der Waals surface area contributed by atoms with Crippen molar-refractivity contribution in [3.8, 4) is 5.88 Å². The maximum atomic E-state index is 6.02. The molecule has 0 aliphatic carbocycles. The summed E-state index contributed by atoms with van der Waals surface area (Å²) in [6, 6.07) is 1.94. The number of hydrogen-bond acceptors (Lipinski definition) is 6. The summed E-state index contributed by atoms with van der Waals surface area (Å²) in [6.45, 7) is 5.00. The second kappa shape index (κ2) is 5.60. The lowest BCUT2D eigenvalue weighted by molar-refractivity contribution is 0.328. The summed E-state index contributed by atoms with van der Waals surface area (Å²) in [4.78, 5) is 10.2. The van der Waals surface area contributed by atoms with Gasteiger partial charge < -0.3 is 19.8 Å². The van der Waals surface area contributed by atoms with Gasteiger partial charge in [0.25, 0.3) is 0 Å². The van der Waals surface area contributed by atoms with Crippen molar-refractivity contribution < 1.29 is 9.15 Å². The predicted molar refractivity (Wildman–Crippen MR) is 73.2 cm³/mol. The molecule has 2 rings (SSSR count). The minimum absolute atomic E-state index is 0.420. The van der Waals surface area contributed by atoms with Gasteiger partial charge in [0, 0.05) is 19.2 Å². The molecule has 0 aromatic carbocycles. The highest BCUT2D eigenvalue weighted by Gasteiger charge is 2.14. The van der Waals surface area contributed by atoms with E-state index in [0.717, 1.165) is 11.3 Å². The van der Waals surface area contributed by atoms with Gasteiger partial charge in [-0.25, -0.2) is 4.98 Å². The largest absolute Gasteiger partial charge is 0.476 e. The molecule has 0 saturated heterocycles. The quantitative estimate of drug-likeness (QED) is 0.888. The van der Waals surface area contributed by atoms with Gasteiger partial charge in [-0.05, 0) is 19.9 Å². The summed E-state index contributed by atoms with van der Waals surface area (Å²) in [6.07, 6.45) is 3.13. The minimum Gasteiger partial charge on any atom is -0.476 e. The summed E-state index contributed by atoms with van der Waals surface area (Å²) in [5, 5.41) is 0. The van der Waals surface area contributed by atoms with Crippen molar-refractivity contribution >= 4 is 11.5 Å². The monoisotopic (exact) mass is 262 g/mol. The number of aromatic nitrogens is 2. The van der Waals surface area contributed by atoms with Crippen LogP contribution in [0.25, 0.3) is 0 Å². The van der Waals surface area contributed by atoms with Crippen LogP contribution in [-0.2, 0) is 6.54 Å². The molecule has 2 aromatic rings. The molecule has 2 N–H and O–H groups in total. The van der Waals surface area contributed by atoms with Crippen LogP contribution >= 0.6 is 0 Å². The molecule has 0 amide bonds. The number of aryl methyl sites for hydroxylation is 1. The molecule has 0 bridgehead atoms. The Morgan fingerprint density at radius 3 is 2.84 bits per heavy atom. The SMILES string of the molecule is CCOc1ncnc(N(C)Cc2ccoc2C)c1N. The van der Waals surface area contributed by atoms with E-state index in [1.54, 1.807) is 6.26 Å². The van der Waals surface area contributed by atoms with E-state index < -0.39 is 0 Å². The number of nitrogens with zero attached hydrogens (tertiary/aromatic N) is 3. The Balaban J connectivity index is 2.21. The second-order valence-electron chi connectivity index (χ2n) is 4.21. The van der Waals surface area contributed by atoms with Gasteiger partial charge in [0.15, 0.2) is 5.82 Å². The Kier molecular flexibility index (Phi) is 3.89. The lowest BCUT2D eigenvalue weighted by Crippen LogP contribution is -2.20. The van der Waals surface area contributed by atoms with Crippen LogP contribution in [0.5, 0.6) is 5.88 Å². The molecular formula is C13H18N4O2.